The van der Waals surface area contributed by atoms with Crippen molar-refractivity contribution in [3.05, 3.63) is 309 Å². The zero-order chi connectivity index (χ0) is 62.9. The number of nitrogens with zero attached hydrogens (tertiary/aromatic N) is 4. The summed E-state index contributed by atoms with van der Waals surface area (Å²) in [6.07, 6.45) is 5.15. The van der Waals surface area contributed by atoms with E-state index >= 15 is 0 Å². The molecule has 0 radical (unpaired) electrons. The summed E-state index contributed by atoms with van der Waals surface area (Å²) in [5.41, 5.74) is 6.92. The lowest BCUT2D eigenvalue weighted by Gasteiger charge is -2.07. The first kappa shape index (κ1) is 66.9. The predicted molar refractivity (Wildman–Crippen MR) is 340 cm³/mol. The number of nitriles is 1. The lowest BCUT2D eigenvalue weighted by Crippen LogP contribution is -1.99. The van der Waals surface area contributed by atoms with Crippen LogP contribution in [0.2, 0.25) is 5.02 Å². The van der Waals surface area contributed by atoms with Crippen LogP contribution in [0.1, 0.15) is 85.2 Å². The van der Waals surface area contributed by atoms with Crippen LogP contribution in [0.5, 0.6) is 11.5 Å². The van der Waals surface area contributed by atoms with Crippen LogP contribution in [0, 0.1) is 11.3 Å². The number of hydrogen-bond donors (Lipinski definition) is 5. The SMILES string of the molecule is N#Cc1ccccc1OCc1ccc(C(=O)O)cc1.O=C(O)c1ccc(COc2ccccc2Cl)cc1.O=C(O)c1ccc(CSc2ccccc2)cc1.O=C(O)c1ccc(CSc2ccccn2)cc1.O=C(O)c1ccc(CSc2ncccn2)cc1. The van der Waals surface area contributed by atoms with E-state index in [1.165, 1.54) is 28.8 Å². The van der Waals surface area contributed by atoms with Crippen molar-refractivity contribution in [2.24, 2.45) is 0 Å². The molecule has 0 amide bonds. The molecular formula is C68H55ClN4O12S3. The quantitative estimate of drug-likeness (QED) is 0.0350. The molecule has 88 heavy (non-hydrogen) atoms. The van der Waals surface area contributed by atoms with Crippen molar-refractivity contribution in [1.29, 1.82) is 5.26 Å². The number of carbonyl (C=O) groups is 5. The average Bonchev–Trinajstić information content (AvgIpc) is 3.65. The Bertz CT molecular complexity index is 3620. The van der Waals surface area contributed by atoms with E-state index in [1.807, 2.05) is 72.8 Å². The van der Waals surface area contributed by atoms with Gasteiger partial charge < -0.3 is 35.0 Å². The highest BCUT2D eigenvalue weighted by atomic mass is 35.5. The van der Waals surface area contributed by atoms with Crippen LogP contribution in [0.4, 0.5) is 0 Å². The minimum absolute atomic E-state index is 0.237. The van der Waals surface area contributed by atoms with Crippen molar-refractivity contribution in [1.82, 2.24) is 15.0 Å². The van der Waals surface area contributed by atoms with E-state index in [0.29, 0.717) is 52.0 Å². The molecule has 5 N–H and O–H groups in total. The molecule has 0 aliphatic heterocycles. The van der Waals surface area contributed by atoms with Crippen LogP contribution >= 0.6 is 46.9 Å². The molecule has 2 aromatic heterocycles. The molecule has 10 rings (SSSR count). The highest BCUT2D eigenvalue weighted by Gasteiger charge is 2.09. The number of ether oxygens (including phenoxy) is 2. The number of carboxylic acid groups (broad SMARTS) is 5. The number of halogens is 1. The van der Waals surface area contributed by atoms with E-state index in [1.54, 1.807) is 170 Å². The summed E-state index contributed by atoms with van der Waals surface area (Å²) < 4.78 is 11.1. The fourth-order valence-electron chi connectivity index (χ4n) is 7.07. The minimum Gasteiger partial charge on any atom is -0.488 e. The maximum Gasteiger partial charge on any atom is 0.335 e. The second kappa shape index (κ2) is 36.6. The average molecular weight is 1250 g/mol. The van der Waals surface area contributed by atoms with Gasteiger partial charge in [0.15, 0.2) is 5.16 Å². The van der Waals surface area contributed by atoms with E-state index in [0.717, 1.165) is 55.3 Å². The van der Waals surface area contributed by atoms with Crippen LogP contribution in [-0.4, -0.2) is 70.3 Å². The van der Waals surface area contributed by atoms with Crippen molar-refractivity contribution in [2.75, 3.05) is 0 Å². The predicted octanol–water partition coefficient (Wildman–Crippen LogP) is 15.7. The summed E-state index contributed by atoms with van der Waals surface area (Å²) in [4.78, 5) is 67.0. The Balaban J connectivity index is 0.000000176. The maximum absolute atomic E-state index is 10.7. The molecule has 0 spiro atoms. The lowest BCUT2D eigenvalue weighted by molar-refractivity contribution is 0.0686. The highest BCUT2D eigenvalue weighted by Crippen LogP contribution is 2.26. The number of rotatable bonds is 20. The molecule has 0 saturated heterocycles. The number of hydrogen-bond acceptors (Lipinski definition) is 14. The van der Waals surface area contributed by atoms with Crippen LogP contribution < -0.4 is 9.47 Å². The summed E-state index contributed by atoms with van der Waals surface area (Å²) in [5, 5.41) is 55.0. The van der Waals surface area contributed by atoms with Crippen molar-refractivity contribution in [2.45, 2.75) is 45.6 Å². The summed E-state index contributed by atoms with van der Waals surface area (Å²) >= 11 is 10.8. The fourth-order valence-corrected chi connectivity index (χ4v) is 9.71. The van der Waals surface area contributed by atoms with Gasteiger partial charge in [0.05, 0.1) is 43.4 Å². The van der Waals surface area contributed by atoms with Gasteiger partial charge in [-0.25, -0.2) is 38.9 Å². The van der Waals surface area contributed by atoms with Gasteiger partial charge in [-0.2, -0.15) is 5.26 Å². The van der Waals surface area contributed by atoms with Crippen molar-refractivity contribution < 1.29 is 59.0 Å². The fraction of sp³-hybridized carbons (Fsp3) is 0.0735. The molecule has 2 heterocycles. The number of aromatic carboxylic acids is 5. The zero-order valence-corrected chi connectivity index (χ0v) is 49.8. The first-order valence-corrected chi connectivity index (χ1v) is 29.7. The van der Waals surface area contributed by atoms with Crippen molar-refractivity contribution in [3.8, 4) is 17.6 Å². The number of aromatic nitrogens is 3. The van der Waals surface area contributed by atoms with E-state index in [4.69, 9.17) is 51.9 Å². The molecule has 16 nitrogen and oxygen atoms in total. The van der Waals surface area contributed by atoms with E-state index in [-0.39, 0.29) is 11.1 Å². The minimum atomic E-state index is -0.956. The highest BCUT2D eigenvalue weighted by molar-refractivity contribution is 7.98. The Kier molecular flexibility index (Phi) is 27.8. The molecule has 0 fully saturated rings. The third-order valence-electron chi connectivity index (χ3n) is 11.7. The molecule has 0 saturated carbocycles. The lowest BCUT2D eigenvalue weighted by atomic mass is 10.1. The molecule has 0 bridgehead atoms. The van der Waals surface area contributed by atoms with Crippen molar-refractivity contribution >= 4 is 76.7 Å². The first-order chi connectivity index (χ1) is 42.6. The number of benzene rings is 8. The normalized spacial score (nSPS) is 10.0. The van der Waals surface area contributed by atoms with Crippen LogP contribution in [0.25, 0.3) is 0 Å². The van der Waals surface area contributed by atoms with Gasteiger partial charge in [-0.05, 0) is 143 Å². The summed E-state index contributed by atoms with van der Waals surface area (Å²) in [7, 11) is 0. The zero-order valence-electron chi connectivity index (χ0n) is 46.6. The Labute approximate surface area is 525 Å². The van der Waals surface area contributed by atoms with Gasteiger partial charge in [-0.15, -0.1) is 23.5 Å². The van der Waals surface area contributed by atoms with Crippen molar-refractivity contribution in [3.63, 3.8) is 0 Å². The molecule has 0 aliphatic rings. The van der Waals surface area contributed by atoms with E-state index < -0.39 is 29.8 Å². The maximum atomic E-state index is 10.7. The Morgan fingerprint density at radius 2 is 0.750 bits per heavy atom. The third-order valence-corrected chi connectivity index (χ3v) is 15.1. The Morgan fingerprint density at radius 3 is 1.17 bits per heavy atom. The van der Waals surface area contributed by atoms with Gasteiger partial charge in [0.1, 0.15) is 30.8 Å². The molecule has 0 aliphatic carbocycles. The second-order valence-electron chi connectivity index (χ2n) is 18.0. The van der Waals surface area contributed by atoms with Gasteiger partial charge in [-0.3, -0.25) is 0 Å². The Hall–Kier alpha value is -10.2. The molecular weight excluding hydrogens is 1200 g/mol. The largest absolute Gasteiger partial charge is 0.488 e. The van der Waals surface area contributed by atoms with Gasteiger partial charge in [0.2, 0.25) is 0 Å². The van der Waals surface area contributed by atoms with Gasteiger partial charge in [0.25, 0.3) is 0 Å². The molecule has 8 aromatic carbocycles. The van der Waals surface area contributed by atoms with Gasteiger partial charge in [0, 0.05) is 40.7 Å². The molecule has 0 atom stereocenters. The number of para-hydroxylation sites is 2. The summed E-state index contributed by atoms with van der Waals surface area (Å²) in [6, 6.07) is 67.6. The molecule has 10 aromatic rings. The third kappa shape index (κ3) is 24.0. The van der Waals surface area contributed by atoms with E-state index in [9.17, 15) is 24.0 Å². The summed E-state index contributed by atoms with van der Waals surface area (Å²) in [6.45, 7) is 0.641. The first-order valence-electron chi connectivity index (χ1n) is 26.4. The standard InChI is InChI=1S/C15H11NO3.C14H11ClO3.C14H12O2S.C13H11NO2S.C12H10N2O2S/c16-9-13-3-1-2-4-14(13)19-10-11-5-7-12(8-6-11)15(17)18;15-12-3-1-2-4-13(12)18-9-10-5-7-11(8-6-10)14(16)17;15-14(16)12-8-6-11(7-9-12)10-17-13-4-2-1-3-5-13;15-13(16)11-6-4-10(5-7-11)9-17-12-3-1-2-8-14-12;15-11(16)10-4-2-9(3-5-10)8-17-12-13-6-1-7-14-12/h1-8H,10H2,(H,17,18);1-8H,9H2,(H,16,17);1-9H,10H2,(H,15,16);1-8H,9H2,(H,15,16);1-7H,8H2,(H,15,16). The topological polar surface area (TPSA) is 267 Å². The van der Waals surface area contributed by atoms with E-state index in [2.05, 4.69) is 33.2 Å². The Morgan fingerprint density at radius 1 is 0.386 bits per heavy atom. The molecule has 0 unspecified atom stereocenters. The van der Waals surface area contributed by atoms with Gasteiger partial charge in [-0.1, -0.05) is 133 Å². The van der Waals surface area contributed by atoms with Crippen LogP contribution in [0.15, 0.2) is 258 Å². The number of pyridine rings is 1. The number of thioether (sulfide) groups is 3. The molecule has 20 heteroatoms. The summed E-state index contributed by atoms with van der Waals surface area (Å²) in [5.74, 6) is -1.08. The smallest absolute Gasteiger partial charge is 0.335 e. The van der Waals surface area contributed by atoms with Crippen LogP contribution in [-0.2, 0) is 30.5 Å². The van der Waals surface area contributed by atoms with Crippen LogP contribution in [0.3, 0.4) is 0 Å². The number of carboxylic acids is 5. The second-order valence-corrected chi connectivity index (χ2v) is 21.4. The monoisotopic (exact) mass is 1250 g/mol. The molecule has 444 valence electrons. The van der Waals surface area contributed by atoms with Gasteiger partial charge >= 0.3 is 29.8 Å².